The van der Waals surface area contributed by atoms with E-state index in [9.17, 15) is 30.0 Å². The van der Waals surface area contributed by atoms with E-state index in [-0.39, 0.29) is 30.6 Å². The number of carbonyl (C=O) groups is 2. The molecule has 0 amide bonds. The Balaban J connectivity index is 0.000000232. The fourth-order valence-corrected chi connectivity index (χ4v) is 6.38. The van der Waals surface area contributed by atoms with E-state index in [0.29, 0.717) is 36.8 Å². The van der Waals surface area contributed by atoms with Gasteiger partial charge >= 0.3 is 31.4 Å². The van der Waals surface area contributed by atoms with Crippen LogP contribution >= 0.6 is 0 Å². The number of rotatable bonds is 10. The summed E-state index contributed by atoms with van der Waals surface area (Å²) in [6, 6.07) is 38.5. The van der Waals surface area contributed by atoms with Crippen molar-refractivity contribution in [3.63, 3.8) is 0 Å². The van der Waals surface area contributed by atoms with Gasteiger partial charge < -0.3 is 20.4 Å². The molecule has 0 aliphatic carbocycles. The first-order chi connectivity index (χ1) is 24.9. The molecule has 6 aromatic rings. The van der Waals surface area contributed by atoms with Crippen molar-refractivity contribution in [2.75, 3.05) is 0 Å². The quantitative estimate of drug-likeness (QED) is 0.135. The molecule has 0 aliphatic heterocycles. The molecule has 0 aromatic heterocycles. The van der Waals surface area contributed by atoms with Gasteiger partial charge in [-0.2, -0.15) is 0 Å². The van der Waals surface area contributed by atoms with E-state index in [1.165, 1.54) is 12.1 Å². The van der Waals surface area contributed by atoms with E-state index in [0.717, 1.165) is 55.6 Å². The van der Waals surface area contributed by atoms with Crippen molar-refractivity contribution in [3.05, 3.63) is 199 Å². The van der Waals surface area contributed by atoms with Crippen LogP contribution in [0.4, 0.5) is 0 Å². The van der Waals surface area contributed by atoms with Crippen LogP contribution in [0.3, 0.4) is 0 Å². The molecule has 2 N–H and O–H groups in total. The molecule has 0 saturated heterocycles. The number of benzene rings is 6. The number of carboxylic acid groups (broad SMARTS) is 2. The van der Waals surface area contributed by atoms with Crippen molar-refractivity contribution in [1.82, 2.24) is 0 Å². The second kappa shape index (κ2) is 18.3. The maximum absolute atomic E-state index is 12.6. The van der Waals surface area contributed by atoms with Gasteiger partial charge in [0, 0.05) is 0 Å². The fourth-order valence-electron chi connectivity index (χ4n) is 6.38. The molecule has 0 bridgehead atoms. The molecule has 0 atom stereocenters. The van der Waals surface area contributed by atoms with E-state index in [2.05, 4.69) is 0 Å². The predicted molar refractivity (Wildman–Crippen MR) is 202 cm³/mol. The van der Waals surface area contributed by atoms with Crippen molar-refractivity contribution < 1.29 is 49.5 Å². The van der Waals surface area contributed by atoms with E-state index in [1.807, 2.05) is 137 Å². The van der Waals surface area contributed by atoms with Gasteiger partial charge in [-0.15, -0.1) is 0 Å². The maximum Gasteiger partial charge on any atom is 2.00 e. The normalized spacial score (nSPS) is 10.5. The van der Waals surface area contributed by atoms with Gasteiger partial charge in [-0.05, 0) is 121 Å². The summed E-state index contributed by atoms with van der Waals surface area (Å²) in [6.07, 6.45) is 2.09. The Morgan fingerprint density at radius 3 is 0.962 bits per heavy atom. The number of hydrogen-bond acceptors (Lipinski definition) is 4. The van der Waals surface area contributed by atoms with Gasteiger partial charge in [-0.1, -0.05) is 132 Å². The Labute approximate surface area is 324 Å². The second-order valence-corrected chi connectivity index (χ2v) is 13.3. The van der Waals surface area contributed by atoms with Crippen molar-refractivity contribution in [2.24, 2.45) is 0 Å². The van der Waals surface area contributed by atoms with Crippen molar-refractivity contribution in [3.8, 4) is 11.5 Å². The number of aromatic carboxylic acids is 2. The minimum absolute atomic E-state index is 0. The van der Waals surface area contributed by atoms with Gasteiger partial charge in [0.25, 0.3) is 0 Å². The molecule has 0 heterocycles. The van der Waals surface area contributed by atoms with Gasteiger partial charge in [0.15, 0.2) is 0 Å². The number of aryl methyl sites for hydroxylation is 4. The summed E-state index contributed by atoms with van der Waals surface area (Å²) in [6.45, 7) is 8.05. The third kappa shape index (κ3) is 10.3. The number of hydrogen-bond donors (Lipinski definition) is 2. The minimum Gasteiger partial charge on any atom is -0.872 e. The van der Waals surface area contributed by atoms with Gasteiger partial charge in [-0.25, -0.2) is 9.59 Å². The Hall–Kier alpha value is -5.52. The van der Waals surface area contributed by atoms with Crippen LogP contribution in [-0.2, 0) is 45.2 Å². The Morgan fingerprint density at radius 2 is 0.698 bits per heavy atom. The zero-order valence-corrected chi connectivity index (χ0v) is 33.6. The summed E-state index contributed by atoms with van der Waals surface area (Å²) in [7, 11) is 0. The van der Waals surface area contributed by atoms with Gasteiger partial charge in [0.05, 0.1) is 11.1 Å². The molecule has 6 rings (SSSR count). The van der Waals surface area contributed by atoms with Crippen LogP contribution in [0, 0.1) is 27.7 Å². The first-order valence-corrected chi connectivity index (χ1v) is 17.2. The summed E-state index contributed by atoms with van der Waals surface area (Å²) in [4.78, 5) is 23.1. The Kier molecular flexibility index (Phi) is 13.9. The molecule has 0 aliphatic rings. The first-order valence-electron chi connectivity index (χ1n) is 17.2. The van der Waals surface area contributed by atoms with Crippen LogP contribution in [0.2, 0.25) is 0 Å². The van der Waals surface area contributed by atoms with Gasteiger partial charge in [0.1, 0.15) is 0 Å². The van der Waals surface area contributed by atoms with Crippen LogP contribution in [0.15, 0.2) is 121 Å². The van der Waals surface area contributed by atoms with Crippen LogP contribution in [0.25, 0.3) is 0 Å². The third-order valence-corrected chi connectivity index (χ3v) is 9.51. The van der Waals surface area contributed by atoms with Gasteiger partial charge in [-0.3, -0.25) is 0 Å². The average Bonchev–Trinajstić information content (AvgIpc) is 3.11. The minimum atomic E-state index is -1.17. The zero-order valence-electron chi connectivity index (χ0n) is 30.6. The van der Waals surface area contributed by atoms with Crippen molar-refractivity contribution in [1.29, 1.82) is 0 Å². The van der Waals surface area contributed by atoms with Gasteiger partial charge in [0.2, 0.25) is 0 Å². The first kappa shape index (κ1) is 40.3. The Bertz CT molecular complexity index is 2080. The molecule has 0 unspecified atom stereocenters. The van der Waals surface area contributed by atoms with E-state index < -0.39 is 23.4 Å². The molecule has 0 spiro atoms. The second-order valence-electron chi connectivity index (χ2n) is 13.3. The average molecular weight is 756 g/mol. The van der Waals surface area contributed by atoms with E-state index in [4.69, 9.17) is 0 Å². The zero-order chi connectivity index (χ0) is 37.4. The molecule has 264 valence electrons. The van der Waals surface area contributed by atoms with Crippen molar-refractivity contribution >= 4 is 11.9 Å². The third-order valence-electron chi connectivity index (χ3n) is 9.51. The fraction of sp³-hybridized carbons (Fsp3) is 0.174. The monoisotopic (exact) mass is 754 g/mol. The molecule has 7 heteroatoms. The molecular weight excluding hydrogens is 714 g/mol. The summed E-state index contributed by atoms with van der Waals surface area (Å²) in [5.41, 5.74) is 11.3. The standard InChI is InChI=1S/2C23H22O3.Zn/c2*1-15-7-3-5-9-18(15)11-17-12-20(22(24)21(13-17)23(25)26)14-19-10-6-4-8-16(19)2;/h2*3-10,12-13,24H,11,14H2,1-2H3,(H,25,26);/q;;+2/p-2. The molecule has 6 aromatic carbocycles. The largest absolute Gasteiger partial charge is 2.00 e. The van der Waals surface area contributed by atoms with Crippen LogP contribution in [0.5, 0.6) is 11.5 Å². The molecule has 53 heavy (non-hydrogen) atoms. The number of carboxylic acids is 2. The van der Waals surface area contributed by atoms with Crippen LogP contribution < -0.4 is 10.2 Å². The summed E-state index contributed by atoms with van der Waals surface area (Å²) < 4.78 is 0. The molecular formula is C46H42O6Zn. The predicted octanol–water partition coefficient (Wildman–Crippen LogP) is 8.51. The van der Waals surface area contributed by atoms with E-state index in [1.54, 1.807) is 0 Å². The van der Waals surface area contributed by atoms with Crippen LogP contribution in [-0.4, -0.2) is 22.2 Å². The summed E-state index contributed by atoms with van der Waals surface area (Å²) in [5.74, 6) is -3.14. The maximum atomic E-state index is 12.6. The smallest absolute Gasteiger partial charge is 0.872 e. The molecule has 0 fully saturated rings. The van der Waals surface area contributed by atoms with Crippen molar-refractivity contribution in [2.45, 2.75) is 53.4 Å². The van der Waals surface area contributed by atoms with Crippen LogP contribution in [0.1, 0.15) is 87.5 Å². The SMILES string of the molecule is Cc1ccccc1Cc1cc(Cc2ccccc2C)c([O-])c(C(=O)O)c1.Cc1ccccc1Cc1cc(Cc2ccccc2C)c([O-])c(C(=O)O)c1.[Zn+2]. The topological polar surface area (TPSA) is 121 Å². The summed E-state index contributed by atoms with van der Waals surface area (Å²) >= 11 is 0. The molecule has 0 saturated carbocycles. The van der Waals surface area contributed by atoms with E-state index >= 15 is 0 Å². The Morgan fingerprint density at radius 1 is 0.434 bits per heavy atom. The summed E-state index contributed by atoms with van der Waals surface area (Å²) in [5, 5.41) is 44.1. The molecule has 6 nitrogen and oxygen atoms in total. The molecule has 0 radical (unpaired) electrons.